The van der Waals surface area contributed by atoms with E-state index in [-0.39, 0.29) is 24.2 Å². The lowest BCUT2D eigenvalue weighted by atomic mass is 10.1. The van der Waals surface area contributed by atoms with Gasteiger partial charge in [0.25, 0.3) is 0 Å². The highest BCUT2D eigenvalue weighted by molar-refractivity contribution is 6.33. The fraction of sp³-hybridized carbons (Fsp3) is 0.375. The van der Waals surface area contributed by atoms with Gasteiger partial charge in [-0.3, -0.25) is 15.2 Å². The Morgan fingerprint density at radius 3 is 2.91 bits per heavy atom. The molecule has 0 saturated carbocycles. The first-order valence-corrected chi connectivity index (χ1v) is 12.0. The number of carbonyl (C=O) groups is 1. The molecule has 0 radical (unpaired) electrons. The molecule has 3 aliphatic heterocycles. The minimum absolute atomic E-state index is 0.00334. The van der Waals surface area contributed by atoms with Gasteiger partial charge in [0.05, 0.1) is 35.7 Å². The van der Waals surface area contributed by atoms with Crippen molar-refractivity contribution in [3.63, 3.8) is 0 Å². The summed E-state index contributed by atoms with van der Waals surface area (Å²) < 4.78 is 11.1. The van der Waals surface area contributed by atoms with Crippen molar-refractivity contribution in [2.75, 3.05) is 41.4 Å². The summed E-state index contributed by atoms with van der Waals surface area (Å²) in [6.45, 7) is 4.65. The van der Waals surface area contributed by atoms with Gasteiger partial charge in [-0.15, -0.1) is 0 Å². The molecule has 2 bridgehead atoms. The largest absolute Gasteiger partial charge is 0.458 e. The number of anilines is 3. The highest BCUT2D eigenvalue weighted by Crippen LogP contribution is 2.43. The molecule has 1 N–H and O–H groups in total. The van der Waals surface area contributed by atoms with E-state index in [1.165, 1.54) is 0 Å². The van der Waals surface area contributed by atoms with Crippen LogP contribution in [0.3, 0.4) is 0 Å². The van der Waals surface area contributed by atoms with Crippen molar-refractivity contribution in [2.24, 2.45) is 0 Å². The number of aryl methyl sites for hydroxylation is 1. The Morgan fingerprint density at radius 1 is 1.20 bits per heavy atom. The van der Waals surface area contributed by atoms with Crippen molar-refractivity contribution in [3.05, 3.63) is 47.4 Å². The van der Waals surface area contributed by atoms with Gasteiger partial charge in [-0.2, -0.15) is 4.98 Å². The Morgan fingerprint density at radius 2 is 2.09 bits per heavy atom. The lowest BCUT2D eigenvalue weighted by Gasteiger charge is -2.36. The fourth-order valence-corrected chi connectivity index (χ4v) is 5.03. The average Bonchev–Trinajstić information content (AvgIpc) is 3.50. The molecule has 10 nitrogen and oxygen atoms in total. The molecular weight excluding hydrogens is 470 g/mol. The second-order valence-electron chi connectivity index (χ2n) is 8.86. The zero-order valence-corrected chi connectivity index (χ0v) is 19.9. The van der Waals surface area contributed by atoms with Gasteiger partial charge in [0.1, 0.15) is 11.9 Å². The Bertz CT molecular complexity index is 1280. The summed E-state index contributed by atoms with van der Waals surface area (Å²) in [4.78, 5) is 35.2. The van der Waals surface area contributed by atoms with E-state index in [2.05, 4.69) is 25.2 Å². The summed E-state index contributed by atoms with van der Waals surface area (Å²) in [6, 6.07) is 7.24. The van der Waals surface area contributed by atoms with Crippen LogP contribution in [0.25, 0.3) is 11.3 Å². The topological polar surface area (TPSA) is 106 Å². The molecule has 2 amide bonds. The maximum atomic E-state index is 13.6. The number of hydrogen-bond donors (Lipinski definition) is 1. The highest BCUT2D eigenvalue weighted by Gasteiger charge is 2.41. The second kappa shape index (κ2) is 8.94. The number of urea groups is 1. The van der Waals surface area contributed by atoms with Gasteiger partial charge >= 0.3 is 12.0 Å². The van der Waals surface area contributed by atoms with Crippen LogP contribution >= 0.6 is 11.6 Å². The third-order valence-corrected chi connectivity index (χ3v) is 6.74. The molecule has 2 saturated heterocycles. The van der Waals surface area contributed by atoms with Crippen molar-refractivity contribution in [1.82, 2.24) is 19.9 Å². The number of halogens is 1. The zero-order chi connectivity index (χ0) is 23.9. The minimum Gasteiger partial charge on any atom is -0.458 e. The van der Waals surface area contributed by atoms with Crippen LogP contribution in [-0.2, 0) is 4.74 Å². The molecular formula is C24H24ClN7O3. The van der Waals surface area contributed by atoms with Crippen LogP contribution in [0, 0.1) is 6.92 Å². The second-order valence-corrected chi connectivity index (χ2v) is 9.27. The Hall–Kier alpha value is -3.50. The predicted molar refractivity (Wildman–Crippen MR) is 131 cm³/mol. The third kappa shape index (κ3) is 4.23. The number of nitrogens with one attached hydrogen (secondary N) is 1. The first-order chi connectivity index (χ1) is 17.0. The fourth-order valence-electron chi connectivity index (χ4n) is 4.77. The molecule has 3 aromatic heterocycles. The first kappa shape index (κ1) is 22.0. The van der Waals surface area contributed by atoms with E-state index in [0.29, 0.717) is 35.6 Å². The maximum Gasteiger partial charge on any atom is 0.329 e. The van der Waals surface area contributed by atoms with Crippen LogP contribution in [0.5, 0.6) is 6.01 Å². The normalized spacial score (nSPS) is 20.6. The van der Waals surface area contributed by atoms with E-state index in [1.54, 1.807) is 23.4 Å². The van der Waals surface area contributed by atoms with E-state index >= 15 is 0 Å². The average molecular weight is 494 g/mol. The number of ether oxygens (including phenoxy) is 2. The smallest absolute Gasteiger partial charge is 0.329 e. The van der Waals surface area contributed by atoms with Crippen LogP contribution in [0.1, 0.15) is 18.5 Å². The van der Waals surface area contributed by atoms with Gasteiger partial charge in [-0.1, -0.05) is 11.6 Å². The number of pyridine rings is 2. The van der Waals surface area contributed by atoms with Crippen LogP contribution < -0.4 is 19.9 Å². The van der Waals surface area contributed by atoms with Crippen LogP contribution in [0.15, 0.2) is 36.7 Å². The van der Waals surface area contributed by atoms with Crippen LogP contribution in [0.2, 0.25) is 5.02 Å². The van der Waals surface area contributed by atoms with Crippen molar-refractivity contribution in [1.29, 1.82) is 0 Å². The van der Waals surface area contributed by atoms with Gasteiger partial charge in [0.15, 0.2) is 5.82 Å². The van der Waals surface area contributed by atoms with Crippen molar-refractivity contribution >= 4 is 35.0 Å². The van der Waals surface area contributed by atoms with E-state index < -0.39 is 0 Å². The molecule has 35 heavy (non-hydrogen) atoms. The number of hydrogen-bond acceptors (Lipinski definition) is 8. The van der Waals surface area contributed by atoms with Gasteiger partial charge in [0, 0.05) is 43.2 Å². The quantitative estimate of drug-likeness (QED) is 0.586. The lowest BCUT2D eigenvalue weighted by Crippen LogP contribution is -2.48. The summed E-state index contributed by atoms with van der Waals surface area (Å²) >= 11 is 6.66. The summed E-state index contributed by atoms with van der Waals surface area (Å²) in [7, 11) is 0. The summed E-state index contributed by atoms with van der Waals surface area (Å²) in [5, 5.41) is 3.44. The molecule has 0 spiro atoms. The lowest BCUT2D eigenvalue weighted by molar-refractivity contribution is 0.134. The monoisotopic (exact) mass is 493 g/mol. The highest BCUT2D eigenvalue weighted by atomic mass is 35.5. The molecule has 6 rings (SSSR count). The number of carbonyl (C=O) groups excluding carboxylic acids is 1. The van der Waals surface area contributed by atoms with Crippen molar-refractivity contribution in [3.8, 4) is 17.3 Å². The number of fused-ring (bicyclic) bond motifs is 4. The van der Waals surface area contributed by atoms with E-state index in [1.807, 2.05) is 25.1 Å². The van der Waals surface area contributed by atoms with Gasteiger partial charge in [0.2, 0.25) is 0 Å². The first-order valence-electron chi connectivity index (χ1n) is 11.6. The molecule has 0 aromatic carbocycles. The van der Waals surface area contributed by atoms with E-state index in [0.717, 1.165) is 42.9 Å². The minimum atomic E-state index is -0.307. The molecule has 180 valence electrons. The van der Waals surface area contributed by atoms with Gasteiger partial charge in [-0.25, -0.2) is 14.8 Å². The maximum absolute atomic E-state index is 13.6. The molecule has 3 aromatic rings. The van der Waals surface area contributed by atoms with Gasteiger partial charge < -0.3 is 14.4 Å². The Labute approximate surface area is 207 Å². The molecule has 2 atom stereocenters. The molecule has 3 aliphatic rings. The summed E-state index contributed by atoms with van der Waals surface area (Å²) in [5.41, 5.74) is 3.18. The van der Waals surface area contributed by atoms with Crippen molar-refractivity contribution in [2.45, 2.75) is 31.9 Å². The van der Waals surface area contributed by atoms with Crippen molar-refractivity contribution < 1.29 is 14.3 Å². The molecule has 0 aliphatic carbocycles. The molecule has 0 unspecified atom stereocenters. The summed E-state index contributed by atoms with van der Waals surface area (Å²) in [6.07, 6.45) is 4.84. The molecule has 2 fully saturated rings. The SMILES string of the molecule is Cc1cc(-c2nc3c(cc2Cl)N2CC[C@@H](C2)N3C(=O)Nc2ccnc(O[C@H]3CCOC3)n2)ccn1. The summed E-state index contributed by atoms with van der Waals surface area (Å²) in [5.74, 6) is 0.943. The zero-order valence-electron chi connectivity index (χ0n) is 19.1. The Kier molecular flexibility index (Phi) is 5.62. The van der Waals surface area contributed by atoms with E-state index in [9.17, 15) is 4.79 Å². The number of rotatable bonds is 4. The number of nitrogens with zero attached hydrogens (tertiary/aromatic N) is 6. The van der Waals surface area contributed by atoms with E-state index in [4.69, 9.17) is 26.1 Å². The standard InChI is InChI=1S/C24H24ClN7O3/c1-14-10-15(2-6-26-14)21-18(25)11-19-22(30-21)32(16-4-8-31(19)12-16)24(33)29-20-3-7-27-23(28-20)35-17-5-9-34-13-17/h2-3,6-7,10-11,16-17H,4-5,8-9,12-13H2,1H3,(H,27,28,29,33)/t16-,17-/m0/s1. The van der Waals surface area contributed by atoms with Gasteiger partial charge in [-0.05, 0) is 37.6 Å². The third-order valence-electron chi connectivity index (χ3n) is 6.45. The number of amides is 2. The van der Waals surface area contributed by atoms with Crippen LogP contribution in [0.4, 0.5) is 22.1 Å². The molecule has 6 heterocycles. The Balaban J connectivity index is 1.31. The molecule has 11 heteroatoms. The predicted octanol–water partition coefficient (Wildman–Crippen LogP) is 3.69. The number of aromatic nitrogens is 4. The van der Waals surface area contributed by atoms with Crippen LogP contribution in [-0.4, -0.2) is 64.4 Å².